The predicted molar refractivity (Wildman–Crippen MR) is 137 cm³/mol. The third-order valence-electron chi connectivity index (χ3n) is 6.74. The Hall–Kier alpha value is -3.70. The average molecular weight is 548 g/mol. The second-order valence-electron chi connectivity index (χ2n) is 12.0. The number of hydrogen-bond donors (Lipinski definition) is 1. The van der Waals surface area contributed by atoms with Gasteiger partial charge in [0.15, 0.2) is 11.5 Å². The van der Waals surface area contributed by atoms with Crippen LogP contribution in [0.1, 0.15) is 59.1 Å². The van der Waals surface area contributed by atoms with Gasteiger partial charge in [-0.2, -0.15) is 0 Å². The lowest BCUT2D eigenvalue weighted by Crippen LogP contribution is -2.57. The first-order valence-electron chi connectivity index (χ1n) is 12.9. The molecule has 1 fully saturated rings. The molecule has 4 rings (SSSR count). The quantitative estimate of drug-likeness (QED) is 0.446. The molecule has 0 aromatic heterocycles. The maximum atomic E-state index is 13.7. The van der Waals surface area contributed by atoms with Gasteiger partial charge in [-0.3, -0.25) is 9.69 Å². The van der Waals surface area contributed by atoms with Crippen molar-refractivity contribution in [2.45, 2.75) is 84.8 Å². The van der Waals surface area contributed by atoms with Crippen molar-refractivity contribution in [2.24, 2.45) is 5.41 Å². The van der Waals surface area contributed by atoms with Gasteiger partial charge < -0.3 is 33.9 Å². The second-order valence-corrected chi connectivity index (χ2v) is 12.0. The fourth-order valence-corrected chi connectivity index (χ4v) is 4.86. The maximum Gasteiger partial charge on any atom is 0.410 e. The lowest BCUT2D eigenvalue weighted by atomic mass is 9.85. The molecule has 214 valence electrons. The molecule has 0 radical (unpaired) electrons. The molecule has 1 saturated heterocycles. The Balaban J connectivity index is 1.45. The summed E-state index contributed by atoms with van der Waals surface area (Å²) in [4.78, 5) is 54.8. The average Bonchev–Trinajstić information content (AvgIpc) is 3.55. The molecule has 0 unspecified atom stereocenters. The van der Waals surface area contributed by atoms with Gasteiger partial charge in [0.25, 0.3) is 0 Å². The summed E-state index contributed by atoms with van der Waals surface area (Å²) in [5.74, 6) is 0.159. The monoisotopic (exact) mass is 547 g/mol. The van der Waals surface area contributed by atoms with Crippen LogP contribution in [0.4, 0.5) is 9.59 Å². The Morgan fingerprint density at radius 1 is 1.00 bits per heavy atom. The topological polar surface area (TPSA) is 133 Å². The van der Waals surface area contributed by atoms with Crippen LogP contribution in [0.5, 0.6) is 11.5 Å². The normalized spacial score (nSPS) is 20.8. The molecule has 1 aromatic carbocycles. The van der Waals surface area contributed by atoms with E-state index in [-0.39, 0.29) is 19.8 Å². The molecular weight excluding hydrogens is 510 g/mol. The van der Waals surface area contributed by atoms with Crippen LogP contribution in [-0.4, -0.2) is 78.1 Å². The summed E-state index contributed by atoms with van der Waals surface area (Å²) in [5, 5.41) is 2.66. The number of hydrogen-bond acceptors (Lipinski definition) is 9. The van der Waals surface area contributed by atoms with Crippen molar-refractivity contribution < 1.29 is 42.9 Å². The van der Waals surface area contributed by atoms with Crippen LogP contribution < -0.4 is 14.8 Å². The molecule has 0 bridgehead atoms. The van der Waals surface area contributed by atoms with Gasteiger partial charge >= 0.3 is 18.2 Å². The number of fused-ring (bicyclic) bond motifs is 2. The molecule has 0 aliphatic carbocycles. The molecule has 3 heterocycles. The van der Waals surface area contributed by atoms with Crippen LogP contribution in [-0.2, 0) is 36.9 Å². The van der Waals surface area contributed by atoms with E-state index in [4.69, 9.17) is 23.7 Å². The first kappa shape index (κ1) is 28.3. The molecular formula is C27H37N3O9. The van der Waals surface area contributed by atoms with Crippen LogP contribution in [0.15, 0.2) is 12.1 Å². The van der Waals surface area contributed by atoms with Gasteiger partial charge in [-0.1, -0.05) is 20.8 Å². The molecule has 3 aliphatic heterocycles. The van der Waals surface area contributed by atoms with E-state index in [2.05, 4.69) is 5.32 Å². The van der Waals surface area contributed by atoms with Gasteiger partial charge in [0.05, 0.1) is 13.7 Å². The largest absolute Gasteiger partial charge is 0.467 e. The molecule has 3 amide bonds. The van der Waals surface area contributed by atoms with E-state index in [9.17, 15) is 19.2 Å². The third kappa shape index (κ3) is 6.31. The predicted octanol–water partition coefficient (Wildman–Crippen LogP) is 2.95. The lowest BCUT2D eigenvalue weighted by molar-refractivity contribution is -0.152. The Morgan fingerprint density at radius 2 is 1.59 bits per heavy atom. The summed E-state index contributed by atoms with van der Waals surface area (Å²) in [5.41, 5.74) is 0.409. The SMILES string of the molecule is COC(=O)[C@@H]1C[C@@H](OC(=O)N2Cc3cc4c(cc3C2)OCO4)CN1C(=O)[C@@H](NC(=O)OC(C)(C)C)C(C)(C)C. The summed E-state index contributed by atoms with van der Waals surface area (Å²) in [7, 11) is 1.23. The zero-order valence-corrected chi connectivity index (χ0v) is 23.5. The van der Waals surface area contributed by atoms with Crippen molar-refractivity contribution in [3.8, 4) is 11.5 Å². The van der Waals surface area contributed by atoms with E-state index in [1.807, 2.05) is 12.1 Å². The summed E-state index contributed by atoms with van der Waals surface area (Å²) in [6, 6.07) is 1.74. The zero-order chi connectivity index (χ0) is 28.7. The molecule has 39 heavy (non-hydrogen) atoms. The molecule has 12 nitrogen and oxygen atoms in total. The fraction of sp³-hybridized carbons (Fsp3) is 0.630. The fourth-order valence-electron chi connectivity index (χ4n) is 4.86. The molecule has 1 N–H and O–H groups in total. The number of rotatable bonds is 4. The Labute approximate surface area is 227 Å². The smallest absolute Gasteiger partial charge is 0.410 e. The van der Waals surface area contributed by atoms with Crippen molar-refractivity contribution in [1.82, 2.24) is 15.1 Å². The number of nitrogens with one attached hydrogen (secondary N) is 1. The number of esters is 1. The summed E-state index contributed by atoms with van der Waals surface area (Å²) in [6.45, 7) is 11.4. The lowest BCUT2D eigenvalue weighted by Gasteiger charge is -2.35. The van der Waals surface area contributed by atoms with E-state index < -0.39 is 53.3 Å². The summed E-state index contributed by atoms with van der Waals surface area (Å²) >= 11 is 0. The Kier molecular flexibility index (Phi) is 7.59. The zero-order valence-electron chi connectivity index (χ0n) is 23.5. The first-order chi connectivity index (χ1) is 18.2. The van der Waals surface area contributed by atoms with Crippen molar-refractivity contribution in [1.29, 1.82) is 0 Å². The molecule has 0 saturated carbocycles. The highest BCUT2D eigenvalue weighted by Gasteiger charge is 2.47. The van der Waals surface area contributed by atoms with Crippen LogP contribution in [0.2, 0.25) is 0 Å². The molecule has 1 aromatic rings. The minimum absolute atomic E-state index is 0.0241. The van der Waals surface area contributed by atoms with Crippen LogP contribution in [0.25, 0.3) is 0 Å². The number of amides is 3. The highest BCUT2D eigenvalue weighted by Crippen LogP contribution is 2.38. The number of ether oxygens (including phenoxy) is 5. The number of carbonyl (C=O) groups excluding carboxylic acids is 4. The van der Waals surface area contributed by atoms with E-state index in [1.54, 1.807) is 46.4 Å². The van der Waals surface area contributed by atoms with Crippen LogP contribution >= 0.6 is 0 Å². The maximum absolute atomic E-state index is 13.7. The van der Waals surface area contributed by atoms with Gasteiger partial charge in [-0.05, 0) is 49.4 Å². The number of nitrogens with zero attached hydrogens (tertiary/aromatic N) is 2. The molecule has 3 atom stereocenters. The van der Waals surface area contributed by atoms with Gasteiger partial charge in [0.2, 0.25) is 12.7 Å². The summed E-state index contributed by atoms with van der Waals surface area (Å²) in [6.07, 6.45) is -1.98. The van der Waals surface area contributed by atoms with Crippen molar-refractivity contribution >= 4 is 24.1 Å². The number of benzene rings is 1. The standard InChI is InChI=1S/C27H37N3O9/c1-26(2,3)21(28-24(33)39-27(4,5)6)22(31)30-13-17(10-18(30)23(32)35-7)38-25(34)29-11-15-8-19-20(37-14-36-19)9-16(15)12-29/h8-9,17-18,21H,10-14H2,1-7H3,(H,28,33)/t17-,18+,21-/m1/s1. The highest BCUT2D eigenvalue weighted by molar-refractivity contribution is 5.91. The van der Waals surface area contributed by atoms with Crippen molar-refractivity contribution in [2.75, 3.05) is 20.4 Å². The van der Waals surface area contributed by atoms with Crippen LogP contribution in [0.3, 0.4) is 0 Å². The van der Waals surface area contributed by atoms with Gasteiger partial charge in [0.1, 0.15) is 23.8 Å². The van der Waals surface area contributed by atoms with Crippen molar-refractivity contribution in [3.05, 3.63) is 23.3 Å². The third-order valence-corrected chi connectivity index (χ3v) is 6.74. The summed E-state index contributed by atoms with van der Waals surface area (Å²) < 4.78 is 26.9. The second kappa shape index (κ2) is 10.5. The number of carbonyl (C=O) groups is 4. The van der Waals surface area contributed by atoms with Crippen molar-refractivity contribution in [3.63, 3.8) is 0 Å². The molecule has 12 heteroatoms. The minimum Gasteiger partial charge on any atom is -0.467 e. The van der Waals surface area contributed by atoms with E-state index in [1.165, 1.54) is 12.0 Å². The van der Waals surface area contributed by atoms with E-state index in [0.29, 0.717) is 24.6 Å². The van der Waals surface area contributed by atoms with Gasteiger partial charge in [-0.15, -0.1) is 0 Å². The first-order valence-corrected chi connectivity index (χ1v) is 12.9. The Morgan fingerprint density at radius 3 is 2.10 bits per heavy atom. The highest BCUT2D eigenvalue weighted by atomic mass is 16.7. The van der Waals surface area contributed by atoms with Gasteiger partial charge in [-0.25, -0.2) is 14.4 Å². The van der Waals surface area contributed by atoms with E-state index >= 15 is 0 Å². The van der Waals surface area contributed by atoms with Crippen LogP contribution in [0, 0.1) is 5.41 Å². The Bertz CT molecular complexity index is 1120. The number of methoxy groups -OCH3 is 1. The van der Waals surface area contributed by atoms with E-state index in [0.717, 1.165) is 11.1 Å². The molecule has 0 spiro atoms. The number of alkyl carbamates (subject to hydrolysis) is 1. The van der Waals surface area contributed by atoms with Gasteiger partial charge in [0, 0.05) is 19.5 Å². The number of likely N-dealkylation sites (tertiary alicyclic amines) is 1. The molecule has 3 aliphatic rings. The minimum atomic E-state index is -1.01.